The normalized spacial score (nSPS) is 10.8. The molecule has 0 unspecified atom stereocenters. The summed E-state index contributed by atoms with van der Waals surface area (Å²) < 4.78 is 1.99. The van der Waals surface area contributed by atoms with Gasteiger partial charge in [-0.3, -0.25) is 4.98 Å². The number of hydrogen-bond acceptors (Lipinski definition) is 2. The minimum Gasteiger partial charge on any atom is -0.392 e. The molecule has 2 aromatic rings. The second-order valence-corrected chi connectivity index (χ2v) is 2.83. The fraction of sp³-hybridized carbons (Fsp3) is 0.222. The Hall–Kier alpha value is -1.35. The van der Waals surface area contributed by atoms with E-state index in [4.69, 9.17) is 5.11 Å². The van der Waals surface area contributed by atoms with Gasteiger partial charge < -0.3 is 9.67 Å². The van der Waals surface area contributed by atoms with Gasteiger partial charge >= 0.3 is 0 Å². The molecule has 0 atom stereocenters. The number of aromatic nitrogens is 2. The van der Waals surface area contributed by atoms with E-state index in [0.29, 0.717) is 0 Å². The van der Waals surface area contributed by atoms with Crippen LogP contribution in [0, 0.1) is 0 Å². The molecule has 2 heterocycles. The molecule has 0 radical (unpaired) electrons. The first-order chi connectivity index (χ1) is 5.81. The molecule has 0 aliphatic carbocycles. The summed E-state index contributed by atoms with van der Waals surface area (Å²) in [5.41, 5.74) is 2.88. The lowest BCUT2D eigenvalue weighted by molar-refractivity contribution is 0.281. The second kappa shape index (κ2) is 2.60. The van der Waals surface area contributed by atoms with Crippen LogP contribution < -0.4 is 0 Å². The molecule has 0 aliphatic rings. The number of rotatable bonds is 1. The van der Waals surface area contributed by atoms with Crippen LogP contribution in [0.5, 0.6) is 0 Å². The molecule has 2 rings (SSSR count). The Bertz CT molecular complexity index is 406. The van der Waals surface area contributed by atoms with Crippen molar-refractivity contribution in [2.24, 2.45) is 7.05 Å². The Kier molecular flexibility index (Phi) is 1.59. The van der Waals surface area contributed by atoms with Crippen LogP contribution >= 0.6 is 0 Å². The van der Waals surface area contributed by atoms with Crippen molar-refractivity contribution in [1.82, 2.24) is 9.55 Å². The molecule has 1 N–H and O–H groups in total. The van der Waals surface area contributed by atoms with Gasteiger partial charge in [0.25, 0.3) is 0 Å². The van der Waals surface area contributed by atoms with Gasteiger partial charge in [0.15, 0.2) is 0 Å². The number of hydrogen-bond donors (Lipinski definition) is 1. The lowest BCUT2D eigenvalue weighted by atomic mass is 10.3. The number of pyridine rings is 1. The molecular formula is C9H10N2O. The first-order valence-corrected chi connectivity index (χ1v) is 3.82. The smallest absolute Gasteiger partial charge is 0.0881 e. The zero-order valence-corrected chi connectivity index (χ0v) is 6.86. The van der Waals surface area contributed by atoms with Gasteiger partial charge in [0, 0.05) is 19.4 Å². The Labute approximate surface area is 70.3 Å². The van der Waals surface area contributed by atoms with Crippen molar-refractivity contribution in [2.45, 2.75) is 6.61 Å². The summed E-state index contributed by atoms with van der Waals surface area (Å²) in [6.07, 6.45) is 3.65. The van der Waals surface area contributed by atoms with E-state index >= 15 is 0 Å². The average Bonchev–Trinajstić information content (AvgIpc) is 2.47. The van der Waals surface area contributed by atoms with E-state index in [2.05, 4.69) is 4.98 Å². The van der Waals surface area contributed by atoms with E-state index in [1.54, 1.807) is 6.20 Å². The van der Waals surface area contributed by atoms with E-state index in [-0.39, 0.29) is 6.61 Å². The van der Waals surface area contributed by atoms with E-state index < -0.39 is 0 Å². The molecule has 3 heteroatoms. The standard InChI is InChI=1S/C9H10N2O/c1-11-3-2-8-9(11)4-7(6-12)5-10-8/h2-5,12H,6H2,1H3. The van der Waals surface area contributed by atoms with E-state index in [1.165, 1.54) is 0 Å². The topological polar surface area (TPSA) is 38.0 Å². The van der Waals surface area contributed by atoms with Gasteiger partial charge in [0.1, 0.15) is 0 Å². The number of aryl methyl sites for hydroxylation is 1. The molecule has 0 spiro atoms. The van der Waals surface area contributed by atoms with Crippen molar-refractivity contribution in [3.8, 4) is 0 Å². The van der Waals surface area contributed by atoms with Crippen molar-refractivity contribution in [3.05, 3.63) is 30.1 Å². The van der Waals surface area contributed by atoms with Gasteiger partial charge in [-0.2, -0.15) is 0 Å². The van der Waals surface area contributed by atoms with Crippen LogP contribution in [0.4, 0.5) is 0 Å². The molecule has 0 saturated carbocycles. The summed E-state index contributed by atoms with van der Waals surface area (Å²) in [7, 11) is 1.96. The third-order valence-corrected chi connectivity index (χ3v) is 1.97. The fourth-order valence-electron chi connectivity index (χ4n) is 1.27. The summed E-state index contributed by atoms with van der Waals surface area (Å²) >= 11 is 0. The predicted octanol–water partition coefficient (Wildman–Crippen LogP) is 1.07. The van der Waals surface area contributed by atoms with Crippen LogP contribution in [0.2, 0.25) is 0 Å². The van der Waals surface area contributed by atoms with Gasteiger partial charge in [-0.15, -0.1) is 0 Å². The first kappa shape index (κ1) is 7.31. The second-order valence-electron chi connectivity index (χ2n) is 2.83. The SMILES string of the molecule is Cn1ccc2ncc(CO)cc21. The first-order valence-electron chi connectivity index (χ1n) is 3.82. The number of fused-ring (bicyclic) bond motifs is 1. The van der Waals surface area contributed by atoms with Gasteiger partial charge in [0.05, 0.1) is 17.6 Å². The monoisotopic (exact) mass is 162 g/mol. The number of aliphatic hydroxyl groups is 1. The van der Waals surface area contributed by atoms with E-state index in [1.807, 2.05) is 29.9 Å². The summed E-state index contributed by atoms with van der Waals surface area (Å²) in [5, 5.41) is 8.88. The maximum absolute atomic E-state index is 8.88. The summed E-state index contributed by atoms with van der Waals surface area (Å²) in [6, 6.07) is 3.90. The van der Waals surface area contributed by atoms with Gasteiger partial charge in [0.2, 0.25) is 0 Å². The Morgan fingerprint density at radius 2 is 2.42 bits per heavy atom. The van der Waals surface area contributed by atoms with Gasteiger partial charge in [-0.1, -0.05) is 0 Å². The highest BCUT2D eigenvalue weighted by Crippen LogP contribution is 2.13. The van der Waals surface area contributed by atoms with Crippen LogP contribution in [0.15, 0.2) is 24.5 Å². The molecule has 0 saturated heterocycles. The summed E-state index contributed by atoms with van der Waals surface area (Å²) in [6.45, 7) is 0.0497. The molecule has 3 nitrogen and oxygen atoms in total. The third-order valence-electron chi connectivity index (χ3n) is 1.97. The van der Waals surface area contributed by atoms with Crippen molar-refractivity contribution in [1.29, 1.82) is 0 Å². The highest BCUT2D eigenvalue weighted by atomic mass is 16.3. The Morgan fingerprint density at radius 1 is 1.58 bits per heavy atom. The van der Waals surface area contributed by atoms with Crippen LogP contribution in [0.1, 0.15) is 5.56 Å². The zero-order valence-electron chi connectivity index (χ0n) is 6.86. The lowest BCUT2D eigenvalue weighted by Crippen LogP contribution is -1.89. The molecular weight excluding hydrogens is 152 g/mol. The molecule has 0 fully saturated rings. The van der Waals surface area contributed by atoms with Crippen molar-refractivity contribution < 1.29 is 5.11 Å². The minimum atomic E-state index is 0.0497. The third kappa shape index (κ3) is 0.987. The molecule has 0 aromatic carbocycles. The Balaban J connectivity index is 2.71. The highest BCUT2D eigenvalue weighted by molar-refractivity contribution is 5.75. The average molecular weight is 162 g/mol. The van der Waals surface area contributed by atoms with Crippen molar-refractivity contribution in [2.75, 3.05) is 0 Å². The lowest BCUT2D eigenvalue weighted by Gasteiger charge is -1.97. The van der Waals surface area contributed by atoms with Crippen LogP contribution in [-0.2, 0) is 13.7 Å². The maximum atomic E-state index is 8.88. The minimum absolute atomic E-state index is 0.0497. The molecule has 2 aromatic heterocycles. The van der Waals surface area contributed by atoms with E-state index in [9.17, 15) is 0 Å². The molecule has 0 amide bonds. The van der Waals surface area contributed by atoms with Crippen molar-refractivity contribution in [3.63, 3.8) is 0 Å². The van der Waals surface area contributed by atoms with E-state index in [0.717, 1.165) is 16.6 Å². The maximum Gasteiger partial charge on any atom is 0.0881 e. The van der Waals surface area contributed by atoms with Crippen molar-refractivity contribution >= 4 is 11.0 Å². The molecule has 12 heavy (non-hydrogen) atoms. The molecule has 0 aliphatic heterocycles. The summed E-state index contributed by atoms with van der Waals surface area (Å²) in [4.78, 5) is 4.19. The predicted molar refractivity (Wildman–Crippen MR) is 46.6 cm³/mol. The quantitative estimate of drug-likeness (QED) is 0.681. The Morgan fingerprint density at radius 3 is 3.17 bits per heavy atom. The largest absolute Gasteiger partial charge is 0.392 e. The van der Waals surface area contributed by atoms with Crippen LogP contribution in [-0.4, -0.2) is 14.7 Å². The number of aliphatic hydroxyl groups excluding tert-OH is 1. The number of nitrogens with zero attached hydrogens (tertiary/aromatic N) is 2. The molecule has 0 bridgehead atoms. The van der Waals surface area contributed by atoms with Crippen LogP contribution in [0.3, 0.4) is 0 Å². The summed E-state index contributed by atoms with van der Waals surface area (Å²) in [5.74, 6) is 0. The molecule has 62 valence electrons. The van der Waals surface area contributed by atoms with Gasteiger partial charge in [-0.25, -0.2) is 0 Å². The highest BCUT2D eigenvalue weighted by Gasteiger charge is 1.99. The van der Waals surface area contributed by atoms with Gasteiger partial charge in [-0.05, 0) is 17.7 Å². The van der Waals surface area contributed by atoms with Crippen LogP contribution in [0.25, 0.3) is 11.0 Å². The zero-order chi connectivity index (χ0) is 8.55. The fourth-order valence-corrected chi connectivity index (χ4v) is 1.27.